The minimum absolute atomic E-state index is 0.0216. The summed E-state index contributed by atoms with van der Waals surface area (Å²) in [7, 11) is 0. The van der Waals surface area contributed by atoms with Crippen LogP contribution in [0.25, 0.3) is 0 Å². The van der Waals surface area contributed by atoms with Crippen LogP contribution in [0.4, 0.5) is 16.2 Å². The van der Waals surface area contributed by atoms with Crippen molar-refractivity contribution in [2.24, 2.45) is 0 Å². The second kappa shape index (κ2) is 9.95. The van der Waals surface area contributed by atoms with Gasteiger partial charge in [0.25, 0.3) is 0 Å². The molecule has 2 aromatic carbocycles. The van der Waals surface area contributed by atoms with Gasteiger partial charge in [-0.05, 0) is 64.2 Å². The highest BCUT2D eigenvalue weighted by Crippen LogP contribution is 2.31. The van der Waals surface area contributed by atoms with E-state index in [2.05, 4.69) is 79.2 Å². The molecule has 0 aromatic heterocycles. The average molecular weight is 435 g/mol. The molecule has 32 heavy (non-hydrogen) atoms. The number of hydrogen-bond donors (Lipinski definition) is 1. The molecular formula is C27H38N4O. The van der Waals surface area contributed by atoms with E-state index in [1.54, 1.807) is 0 Å². The second-order valence-electron chi connectivity index (χ2n) is 9.75. The third-order valence-corrected chi connectivity index (χ3v) is 7.18. The molecule has 2 amide bonds. The molecule has 172 valence electrons. The van der Waals surface area contributed by atoms with Gasteiger partial charge in [0.05, 0.1) is 11.4 Å². The van der Waals surface area contributed by atoms with Gasteiger partial charge < -0.3 is 15.1 Å². The van der Waals surface area contributed by atoms with Gasteiger partial charge in [-0.2, -0.15) is 0 Å². The quantitative estimate of drug-likeness (QED) is 0.707. The molecule has 1 N–H and O–H groups in total. The Kier molecular flexibility index (Phi) is 7.04. The number of nitrogens with one attached hydrogen (secondary N) is 1. The third kappa shape index (κ3) is 5.09. The zero-order valence-corrected chi connectivity index (χ0v) is 20.1. The number of hydrogen-bond acceptors (Lipinski definition) is 3. The van der Waals surface area contributed by atoms with E-state index in [0.29, 0.717) is 18.0 Å². The number of nitrogens with zero attached hydrogens (tertiary/aromatic N) is 3. The van der Waals surface area contributed by atoms with Gasteiger partial charge in [0.2, 0.25) is 0 Å². The molecular weight excluding hydrogens is 396 g/mol. The first-order valence-corrected chi connectivity index (χ1v) is 12.1. The first-order chi connectivity index (χ1) is 15.4. The van der Waals surface area contributed by atoms with Crippen LogP contribution in [0.15, 0.2) is 48.5 Å². The molecule has 5 heteroatoms. The van der Waals surface area contributed by atoms with Crippen molar-refractivity contribution in [3.8, 4) is 0 Å². The van der Waals surface area contributed by atoms with Gasteiger partial charge in [-0.15, -0.1) is 0 Å². The predicted octanol–water partition coefficient (Wildman–Crippen LogP) is 5.33. The minimum Gasteiger partial charge on any atom is -0.365 e. The summed E-state index contributed by atoms with van der Waals surface area (Å²) in [4.78, 5) is 20.0. The van der Waals surface area contributed by atoms with Crippen molar-refractivity contribution >= 4 is 17.4 Å². The topological polar surface area (TPSA) is 38.8 Å². The Morgan fingerprint density at radius 2 is 1.66 bits per heavy atom. The van der Waals surface area contributed by atoms with E-state index < -0.39 is 0 Å². The van der Waals surface area contributed by atoms with E-state index in [0.717, 1.165) is 56.9 Å². The standard InChI is InChI=1S/C27H38N4O/c1-20(2)30-17-18-31(22(4)19-30)26-8-6-5-7-25(26)28-27(32)29-15-13-24(14-16-29)23-11-9-21(3)10-12-23/h5-12,20,22,24H,13-19H2,1-4H3,(H,28,32). The minimum atomic E-state index is 0.0216. The molecule has 0 aliphatic carbocycles. The maximum atomic E-state index is 13.1. The van der Waals surface area contributed by atoms with Crippen molar-refractivity contribution < 1.29 is 4.79 Å². The molecule has 2 aromatic rings. The van der Waals surface area contributed by atoms with Crippen LogP contribution in [0.3, 0.4) is 0 Å². The molecule has 0 bridgehead atoms. The average Bonchev–Trinajstić information content (AvgIpc) is 2.80. The number of aryl methyl sites for hydroxylation is 1. The highest BCUT2D eigenvalue weighted by atomic mass is 16.2. The Hall–Kier alpha value is -2.53. The van der Waals surface area contributed by atoms with Crippen molar-refractivity contribution in [1.82, 2.24) is 9.80 Å². The Balaban J connectivity index is 1.38. The largest absolute Gasteiger partial charge is 0.365 e. The summed E-state index contributed by atoms with van der Waals surface area (Å²) in [6, 6.07) is 18.1. The van der Waals surface area contributed by atoms with Crippen molar-refractivity contribution in [1.29, 1.82) is 0 Å². The van der Waals surface area contributed by atoms with Gasteiger partial charge in [0.1, 0.15) is 0 Å². The summed E-state index contributed by atoms with van der Waals surface area (Å²) in [6.07, 6.45) is 2.04. The van der Waals surface area contributed by atoms with Gasteiger partial charge in [0.15, 0.2) is 0 Å². The summed E-state index contributed by atoms with van der Waals surface area (Å²) >= 11 is 0. The first kappa shape index (κ1) is 22.7. The molecule has 2 fully saturated rings. The predicted molar refractivity (Wildman–Crippen MR) is 134 cm³/mol. The molecule has 2 aliphatic rings. The fourth-order valence-electron chi connectivity index (χ4n) is 5.09. The van der Waals surface area contributed by atoms with Crippen LogP contribution in [0, 0.1) is 6.92 Å². The Bertz CT molecular complexity index is 902. The lowest BCUT2D eigenvalue weighted by atomic mass is 9.89. The number of piperidine rings is 1. The smallest absolute Gasteiger partial charge is 0.321 e. The lowest BCUT2D eigenvalue weighted by Gasteiger charge is -2.43. The summed E-state index contributed by atoms with van der Waals surface area (Å²) in [5.41, 5.74) is 4.74. The number of carbonyl (C=O) groups excluding carboxylic acids is 1. The van der Waals surface area contributed by atoms with E-state index in [9.17, 15) is 4.79 Å². The molecule has 5 nitrogen and oxygen atoms in total. The highest BCUT2D eigenvalue weighted by Gasteiger charge is 2.28. The summed E-state index contributed by atoms with van der Waals surface area (Å²) < 4.78 is 0. The fraction of sp³-hybridized carbons (Fsp3) is 0.519. The van der Waals surface area contributed by atoms with Crippen molar-refractivity contribution in [2.75, 3.05) is 42.9 Å². The molecule has 1 unspecified atom stereocenters. The second-order valence-corrected chi connectivity index (χ2v) is 9.75. The monoisotopic (exact) mass is 434 g/mol. The number of carbonyl (C=O) groups is 1. The number of piperazine rings is 1. The zero-order valence-electron chi connectivity index (χ0n) is 20.1. The third-order valence-electron chi connectivity index (χ3n) is 7.18. The summed E-state index contributed by atoms with van der Waals surface area (Å²) in [6.45, 7) is 13.6. The van der Waals surface area contributed by atoms with Crippen molar-refractivity contribution in [2.45, 2.75) is 58.5 Å². The Labute approximate surface area is 193 Å². The van der Waals surface area contributed by atoms with Crippen LogP contribution in [-0.2, 0) is 0 Å². The van der Waals surface area contributed by atoms with Crippen LogP contribution < -0.4 is 10.2 Å². The molecule has 1 atom stereocenters. The van der Waals surface area contributed by atoms with E-state index >= 15 is 0 Å². The number of urea groups is 1. The van der Waals surface area contributed by atoms with Crippen molar-refractivity contribution in [3.63, 3.8) is 0 Å². The van der Waals surface area contributed by atoms with Crippen LogP contribution in [0.1, 0.15) is 50.7 Å². The van der Waals surface area contributed by atoms with Gasteiger partial charge in [0, 0.05) is 44.8 Å². The molecule has 0 radical (unpaired) electrons. The van der Waals surface area contributed by atoms with E-state index in [4.69, 9.17) is 0 Å². The fourth-order valence-corrected chi connectivity index (χ4v) is 5.09. The molecule has 0 saturated carbocycles. The van der Waals surface area contributed by atoms with Gasteiger partial charge in [-0.1, -0.05) is 42.0 Å². The SMILES string of the molecule is Cc1ccc(C2CCN(C(=O)Nc3ccccc3N3CCN(C(C)C)CC3C)CC2)cc1. The number of amides is 2. The van der Waals surface area contributed by atoms with Crippen LogP contribution in [0.5, 0.6) is 0 Å². The van der Waals surface area contributed by atoms with E-state index in [1.807, 2.05) is 17.0 Å². The molecule has 0 spiro atoms. The Morgan fingerprint density at radius 3 is 2.31 bits per heavy atom. The normalized spacial score (nSPS) is 20.6. The lowest BCUT2D eigenvalue weighted by Crippen LogP contribution is -2.54. The maximum Gasteiger partial charge on any atom is 0.321 e. The van der Waals surface area contributed by atoms with Crippen molar-refractivity contribution in [3.05, 3.63) is 59.7 Å². The number of anilines is 2. The van der Waals surface area contributed by atoms with Crippen LogP contribution in [-0.4, -0.2) is 60.6 Å². The number of rotatable bonds is 4. The number of para-hydroxylation sites is 2. The van der Waals surface area contributed by atoms with Gasteiger partial charge in [-0.25, -0.2) is 4.79 Å². The zero-order chi connectivity index (χ0) is 22.7. The maximum absolute atomic E-state index is 13.1. The molecule has 2 heterocycles. The van der Waals surface area contributed by atoms with Crippen LogP contribution >= 0.6 is 0 Å². The van der Waals surface area contributed by atoms with E-state index in [1.165, 1.54) is 11.1 Å². The molecule has 2 saturated heterocycles. The van der Waals surface area contributed by atoms with E-state index in [-0.39, 0.29) is 6.03 Å². The Morgan fingerprint density at radius 1 is 0.969 bits per heavy atom. The number of benzene rings is 2. The molecule has 4 rings (SSSR count). The van der Waals surface area contributed by atoms with Gasteiger partial charge >= 0.3 is 6.03 Å². The number of likely N-dealkylation sites (tertiary alicyclic amines) is 1. The van der Waals surface area contributed by atoms with Crippen LogP contribution in [0.2, 0.25) is 0 Å². The summed E-state index contributed by atoms with van der Waals surface area (Å²) in [5, 5.41) is 3.23. The highest BCUT2D eigenvalue weighted by molar-refractivity contribution is 5.93. The first-order valence-electron chi connectivity index (χ1n) is 12.1. The summed E-state index contributed by atoms with van der Waals surface area (Å²) in [5.74, 6) is 0.546. The lowest BCUT2D eigenvalue weighted by molar-refractivity contribution is 0.185. The molecule has 2 aliphatic heterocycles. The van der Waals surface area contributed by atoms with Gasteiger partial charge in [-0.3, -0.25) is 4.90 Å².